The highest BCUT2D eigenvalue weighted by Gasteiger charge is 2.48. The summed E-state index contributed by atoms with van der Waals surface area (Å²) in [4.78, 5) is 4.69. The van der Waals surface area contributed by atoms with Gasteiger partial charge in [0, 0.05) is 18.5 Å². The van der Waals surface area contributed by atoms with Crippen LogP contribution in [0.5, 0.6) is 0 Å². The molecule has 9 heavy (non-hydrogen) atoms. The largest absolute Gasteiger partial charge is 0.316 e. The van der Waals surface area contributed by atoms with E-state index in [1.807, 2.05) is 0 Å². The molecule has 0 amide bonds. The van der Waals surface area contributed by atoms with Crippen LogP contribution in [0.2, 0.25) is 0 Å². The van der Waals surface area contributed by atoms with E-state index in [4.69, 9.17) is 5.90 Å². The van der Waals surface area contributed by atoms with Crippen molar-refractivity contribution in [2.24, 2.45) is 11.3 Å². The second kappa shape index (κ2) is 1.68. The lowest BCUT2D eigenvalue weighted by molar-refractivity contribution is -0.105. The Morgan fingerprint density at radius 1 is 1.44 bits per heavy atom. The third-order valence-electron chi connectivity index (χ3n) is 2.51. The maximum atomic E-state index is 5.01. The van der Waals surface area contributed by atoms with Crippen molar-refractivity contribution in [1.82, 2.24) is 5.32 Å². The van der Waals surface area contributed by atoms with Crippen molar-refractivity contribution in [3.05, 3.63) is 0 Å². The molecule has 2 rings (SSSR count). The van der Waals surface area contributed by atoms with Crippen LogP contribution in [0.15, 0.2) is 0 Å². The van der Waals surface area contributed by atoms with E-state index in [9.17, 15) is 0 Å². The van der Waals surface area contributed by atoms with Gasteiger partial charge in [0.25, 0.3) is 0 Å². The first-order valence-electron chi connectivity index (χ1n) is 3.41. The number of nitrogens with one attached hydrogen (secondary N) is 1. The Labute approximate surface area is 54.5 Å². The minimum atomic E-state index is 0.354. The molecule has 1 heterocycles. The van der Waals surface area contributed by atoms with Crippen LogP contribution >= 0.6 is 0 Å². The van der Waals surface area contributed by atoms with Gasteiger partial charge < -0.3 is 10.2 Å². The topological polar surface area (TPSA) is 47.3 Å². The van der Waals surface area contributed by atoms with E-state index < -0.39 is 0 Å². The SMILES string of the molecule is NOC1CC2(CNC2)C1. The molecule has 0 aromatic heterocycles. The molecule has 0 unspecified atom stereocenters. The van der Waals surface area contributed by atoms with Gasteiger partial charge >= 0.3 is 0 Å². The zero-order valence-electron chi connectivity index (χ0n) is 5.39. The standard InChI is InChI=1S/C6H12N2O/c7-9-5-1-6(2-5)3-8-4-6/h5,8H,1-4,7H2. The molecule has 1 saturated carbocycles. The molecule has 3 nitrogen and oxygen atoms in total. The van der Waals surface area contributed by atoms with Gasteiger partial charge in [0.15, 0.2) is 0 Å². The minimum Gasteiger partial charge on any atom is -0.316 e. The van der Waals surface area contributed by atoms with Crippen LogP contribution in [0.1, 0.15) is 12.8 Å². The summed E-state index contributed by atoms with van der Waals surface area (Å²) in [5.74, 6) is 5.01. The van der Waals surface area contributed by atoms with Gasteiger partial charge in [-0.15, -0.1) is 0 Å². The Balaban J connectivity index is 1.82. The molecule has 0 bridgehead atoms. The lowest BCUT2D eigenvalue weighted by Gasteiger charge is -2.53. The number of hydrogen-bond donors (Lipinski definition) is 2. The highest BCUT2D eigenvalue weighted by Crippen LogP contribution is 2.44. The fourth-order valence-electron chi connectivity index (χ4n) is 1.77. The van der Waals surface area contributed by atoms with Crippen molar-refractivity contribution in [1.29, 1.82) is 0 Å². The summed E-state index contributed by atoms with van der Waals surface area (Å²) in [6.07, 6.45) is 2.68. The molecule has 0 aromatic carbocycles. The first kappa shape index (κ1) is 5.65. The monoisotopic (exact) mass is 128 g/mol. The van der Waals surface area contributed by atoms with Crippen LogP contribution in [-0.2, 0) is 4.84 Å². The van der Waals surface area contributed by atoms with Crippen molar-refractivity contribution in [3.63, 3.8) is 0 Å². The van der Waals surface area contributed by atoms with Gasteiger partial charge in [-0.2, -0.15) is 0 Å². The number of hydrogen-bond acceptors (Lipinski definition) is 3. The van der Waals surface area contributed by atoms with E-state index in [2.05, 4.69) is 10.2 Å². The van der Waals surface area contributed by atoms with Crippen molar-refractivity contribution in [2.45, 2.75) is 18.9 Å². The molecule has 2 fully saturated rings. The fraction of sp³-hybridized carbons (Fsp3) is 1.00. The van der Waals surface area contributed by atoms with Gasteiger partial charge in [-0.1, -0.05) is 0 Å². The summed E-state index contributed by atoms with van der Waals surface area (Å²) >= 11 is 0. The molecule has 1 saturated heterocycles. The summed E-state index contributed by atoms with van der Waals surface area (Å²) in [6, 6.07) is 0. The molecule has 1 aliphatic carbocycles. The quantitative estimate of drug-likeness (QED) is 0.474. The normalized spacial score (nSPS) is 31.7. The van der Waals surface area contributed by atoms with Crippen molar-refractivity contribution in [2.75, 3.05) is 13.1 Å². The van der Waals surface area contributed by atoms with Gasteiger partial charge in [0.05, 0.1) is 6.10 Å². The van der Waals surface area contributed by atoms with Crippen molar-refractivity contribution >= 4 is 0 Å². The molecule has 3 N–H and O–H groups in total. The molecule has 52 valence electrons. The Morgan fingerprint density at radius 2 is 2.11 bits per heavy atom. The zero-order valence-corrected chi connectivity index (χ0v) is 5.39. The average Bonchev–Trinajstić information content (AvgIpc) is 1.59. The molecule has 3 heteroatoms. The predicted molar refractivity (Wildman–Crippen MR) is 33.6 cm³/mol. The van der Waals surface area contributed by atoms with Crippen LogP contribution in [0, 0.1) is 5.41 Å². The maximum absolute atomic E-state index is 5.01. The van der Waals surface area contributed by atoms with Gasteiger partial charge in [0.1, 0.15) is 0 Å². The smallest absolute Gasteiger partial charge is 0.0800 e. The van der Waals surface area contributed by atoms with E-state index in [0.717, 1.165) is 12.8 Å². The van der Waals surface area contributed by atoms with Crippen LogP contribution in [-0.4, -0.2) is 19.2 Å². The molecule has 0 aromatic rings. The number of rotatable bonds is 1. The highest BCUT2D eigenvalue weighted by molar-refractivity contribution is 5.03. The summed E-state index contributed by atoms with van der Waals surface area (Å²) in [5, 5.41) is 3.25. The fourth-order valence-corrected chi connectivity index (χ4v) is 1.77. The van der Waals surface area contributed by atoms with Crippen LogP contribution in [0.4, 0.5) is 0 Å². The predicted octanol–water partition coefficient (Wildman–Crippen LogP) is -0.371. The van der Waals surface area contributed by atoms with Gasteiger partial charge in [-0.05, 0) is 12.8 Å². The second-order valence-corrected chi connectivity index (χ2v) is 3.27. The van der Waals surface area contributed by atoms with E-state index in [-0.39, 0.29) is 0 Å². The molecular formula is C6H12N2O. The van der Waals surface area contributed by atoms with Gasteiger partial charge in [-0.3, -0.25) is 0 Å². The zero-order chi connectivity index (χ0) is 6.32. The Hall–Kier alpha value is -0.120. The average molecular weight is 128 g/mol. The van der Waals surface area contributed by atoms with Gasteiger partial charge in [0.2, 0.25) is 0 Å². The molecule has 0 radical (unpaired) electrons. The third kappa shape index (κ3) is 0.689. The van der Waals surface area contributed by atoms with Gasteiger partial charge in [-0.25, -0.2) is 5.90 Å². The Morgan fingerprint density at radius 3 is 2.44 bits per heavy atom. The summed E-state index contributed by atoms with van der Waals surface area (Å²) in [6.45, 7) is 2.35. The van der Waals surface area contributed by atoms with E-state index in [1.54, 1.807) is 0 Å². The lowest BCUT2D eigenvalue weighted by Crippen LogP contribution is -2.62. The molecule has 1 spiro atoms. The first-order chi connectivity index (χ1) is 4.35. The van der Waals surface area contributed by atoms with Crippen LogP contribution in [0.3, 0.4) is 0 Å². The highest BCUT2D eigenvalue weighted by atomic mass is 16.6. The van der Waals surface area contributed by atoms with E-state index in [0.29, 0.717) is 11.5 Å². The Bertz CT molecular complexity index is 114. The summed E-state index contributed by atoms with van der Waals surface area (Å²) < 4.78 is 0. The Kier molecular flexibility index (Phi) is 1.06. The molecule has 0 atom stereocenters. The summed E-state index contributed by atoms with van der Waals surface area (Å²) in [7, 11) is 0. The maximum Gasteiger partial charge on any atom is 0.0800 e. The van der Waals surface area contributed by atoms with E-state index in [1.165, 1.54) is 13.1 Å². The van der Waals surface area contributed by atoms with Crippen molar-refractivity contribution < 1.29 is 4.84 Å². The van der Waals surface area contributed by atoms with Crippen LogP contribution < -0.4 is 11.2 Å². The first-order valence-corrected chi connectivity index (χ1v) is 3.41. The molecular weight excluding hydrogens is 116 g/mol. The summed E-state index contributed by atoms with van der Waals surface area (Å²) in [5.41, 5.74) is 0.601. The molecule has 2 aliphatic rings. The second-order valence-electron chi connectivity index (χ2n) is 3.27. The number of nitrogens with two attached hydrogens (primary N) is 1. The van der Waals surface area contributed by atoms with Crippen molar-refractivity contribution in [3.8, 4) is 0 Å². The lowest BCUT2D eigenvalue weighted by atomic mass is 9.63. The van der Waals surface area contributed by atoms with E-state index >= 15 is 0 Å². The molecule has 1 aliphatic heterocycles. The van der Waals surface area contributed by atoms with Crippen LogP contribution in [0.25, 0.3) is 0 Å². The third-order valence-corrected chi connectivity index (χ3v) is 2.51. The minimum absolute atomic E-state index is 0.354.